The summed E-state index contributed by atoms with van der Waals surface area (Å²) in [7, 11) is 0. The van der Waals surface area contributed by atoms with Crippen molar-refractivity contribution >= 4 is 11.5 Å². The lowest BCUT2D eigenvalue weighted by Crippen LogP contribution is -2.07. The minimum absolute atomic E-state index is 0.167. The summed E-state index contributed by atoms with van der Waals surface area (Å²) in [6.07, 6.45) is 4.23. The maximum atomic E-state index is 12.9. The van der Waals surface area contributed by atoms with Crippen LogP contribution in [0.4, 0.5) is 10.1 Å². The van der Waals surface area contributed by atoms with E-state index in [4.69, 9.17) is 0 Å². The second kappa shape index (κ2) is 8.20. The molecule has 0 spiro atoms. The highest BCUT2D eigenvalue weighted by atomic mass is 19.1. The van der Waals surface area contributed by atoms with Crippen LogP contribution in [0.25, 0.3) is 0 Å². The molecule has 1 N–H and O–H groups in total. The van der Waals surface area contributed by atoms with Crippen molar-refractivity contribution in [2.75, 3.05) is 5.32 Å². The first kappa shape index (κ1) is 16.8. The van der Waals surface area contributed by atoms with Gasteiger partial charge in [0.15, 0.2) is 0 Å². The van der Waals surface area contributed by atoms with Crippen LogP contribution in [0.1, 0.15) is 16.7 Å². The molecule has 126 valence electrons. The molecular weight excluding hydrogens is 315 g/mol. The number of rotatable bonds is 7. The van der Waals surface area contributed by atoms with Gasteiger partial charge < -0.3 is 5.32 Å². The number of ketones is 1. The molecule has 1 heterocycles. The number of nitrogens with zero attached hydrogens (tertiary/aromatic N) is 1. The number of halogens is 1. The van der Waals surface area contributed by atoms with Gasteiger partial charge in [-0.3, -0.25) is 9.78 Å². The predicted molar refractivity (Wildman–Crippen MR) is 96.8 cm³/mol. The van der Waals surface area contributed by atoms with Crippen molar-refractivity contribution in [2.24, 2.45) is 0 Å². The summed E-state index contributed by atoms with van der Waals surface area (Å²) in [4.78, 5) is 16.2. The van der Waals surface area contributed by atoms with E-state index in [1.54, 1.807) is 24.5 Å². The second-order valence-electron chi connectivity index (χ2n) is 5.93. The average molecular weight is 334 g/mol. The zero-order valence-corrected chi connectivity index (χ0v) is 13.8. The van der Waals surface area contributed by atoms with E-state index in [2.05, 4.69) is 10.3 Å². The largest absolute Gasteiger partial charge is 0.381 e. The van der Waals surface area contributed by atoms with Gasteiger partial charge in [0.1, 0.15) is 11.6 Å². The fraction of sp³-hybridized carbons (Fsp3) is 0.143. The number of carbonyl (C=O) groups excluding carboxylic acids is 1. The molecule has 1 aromatic heterocycles. The van der Waals surface area contributed by atoms with E-state index in [0.717, 1.165) is 22.4 Å². The Morgan fingerprint density at radius 2 is 1.56 bits per heavy atom. The number of benzene rings is 2. The minimum atomic E-state index is -0.232. The third kappa shape index (κ3) is 5.24. The Hall–Kier alpha value is -3.01. The molecule has 4 heteroatoms. The third-order valence-corrected chi connectivity index (χ3v) is 3.89. The molecule has 0 aliphatic rings. The Balaban J connectivity index is 1.51. The molecule has 0 fully saturated rings. The molecule has 3 aromatic rings. The zero-order valence-electron chi connectivity index (χ0n) is 13.8. The van der Waals surface area contributed by atoms with E-state index in [1.165, 1.54) is 12.1 Å². The van der Waals surface area contributed by atoms with Gasteiger partial charge in [0.2, 0.25) is 0 Å². The number of aromatic nitrogens is 1. The van der Waals surface area contributed by atoms with Gasteiger partial charge >= 0.3 is 0 Å². The Labute approximate surface area is 146 Å². The van der Waals surface area contributed by atoms with E-state index in [9.17, 15) is 9.18 Å². The van der Waals surface area contributed by atoms with E-state index in [-0.39, 0.29) is 11.6 Å². The molecule has 0 bridgehead atoms. The highest BCUT2D eigenvalue weighted by molar-refractivity contribution is 5.83. The molecule has 0 unspecified atom stereocenters. The first-order chi connectivity index (χ1) is 12.2. The lowest BCUT2D eigenvalue weighted by atomic mass is 10.0. The van der Waals surface area contributed by atoms with Crippen LogP contribution in [-0.4, -0.2) is 10.8 Å². The van der Waals surface area contributed by atoms with Crippen molar-refractivity contribution in [2.45, 2.75) is 19.4 Å². The van der Waals surface area contributed by atoms with Crippen LogP contribution in [0, 0.1) is 5.82 Å². The molecule has 0 saturated heterocycles. The van der Waals surface area contributed by atoms with Gasteiger partial charge in [0, 0.05) is 37.5 Å². The van der Waals surface area contributed by atoms with Gasteiger partial charge in [-0.25, -0.2) is 4.39 Å². The van der Waals surface area contributed by atoms with Gasteiger partial charge in [0.05, 0.1) is 0 Å². The summed E-state index contributed by atoms with van der Waals surface area (Å²) in [6, 6.07) is 18.0. The minimum Gasteiger partial charge on any atom is -0.381 e. The van der Waals surface area contributed by atoms with Crippen LogP contribution in [0.15, 0.2) is 73.1 Å². The van der Waals surface area contributed by atoms with Crippen LogP contribution in [0.2, 0.25) is 0 Å². The fourth-order valence-electron chi connectivity index (χ4n) is 2.57. The normalized spacial score (nSPS) is 10.4. The van der Waals surface area contributed by atoms with Crippen molar-refractivity contribution in [3.63, 3.8) is 0 Å². The third-order valence-electron chi connectivity index (χ3n) is 3.89. The van der Waals surface area contributed by atoms with Crippen molar-refractivity contribution in [1.29, 1.82) is 0 Å². The van der Waals surface area contributed by atoms with Crippen LogP contribution < -0.4 is 5.32 Å². The first-order valence-electron chi connectivity index (χ1n) is 8.17. The monoisotopic (exact) mass is 334 g/mol. The van der Waals surface area contributed by atoms with Crippen LogP contribution >= 0.6 is 0 Å². The highest BCUT2D eigenvalue weighted by Crippen LogP contribution is 2.13. The fourth-order valence-corrected chi connectivity index (χ4v) is 2.57. The van der Waals surface area contributed by atoms with Crippen LogP contribution in [-0.2, 0) is 24.2 Å². The molecule has 2 aromatic carbocycles. The average Bonchev–Trinajstić information content (AvgIpc) is 2.63. The number of carbonyl (C=O) groups is 1. The van der Waals surface area contributed by atoms with Gasteiger partial charge in [-0.1, -0.05) is 30.3 Å². The molecule has 0 atom stereocenters. The molecular formula is C21H19FN2O. The molecule has 3 rings (SSSR count). The molecule has 0 radical (unpaired) electrons. The quantitative estimate of drug-likeness (QED) is 0.704. The lowest BCUT2D eigenvalue weighted by molar-refractivity contribution is -0.117. The van der Waals surface area contributed by atoms with Crippen molar-refractivity contribution in [3.8, 4) is 0 Å². The summed E-state index contributed by atoms with van der Waals surface area (Å²) in [5, 5.41) is 3.29. The van der Waals surface area contributed by atoms with E-state index >= 15 is 0 Å². The zero-order chi connectivity index (χ0) is 17.5. The van der Waals surface area contributed by atoms with Crippen molar-refractivity contribution < 1.29 is 9.18 Å². The molecule has 25 heavy (non-hydrogen) atoms. The molecule has 0 aliphatic heterocycles. The number of hydrogen-bond acceptors (Lipinski definition) is 3. The number of pyridine rings is 1. The first-order valence-corrected chi connectivity index (χ1v) is 8.17. The Bertz CT molecular complexity index is 815. The van der Waals surface area contributed by atoms with E-state index < -0.39 is 0 Å². The van der Waals surface area contributed by atoms with E-state index in [0.29, 0.717) is 19.4 Å². The molecule has 0 saturated carbocycles. The Kier molecular flexibility index (Phi) is 5.52. The van der Waals surface area contributed by atoms with Gasteiger partial charge in [0.25, 0.3) is 0 Å². The molecule has 0 amide bonds. The maximum Gasteiger partial charge on any atom is 0.141 e. The van der Waals surface area contributed by atoms with Crippen LogP contribution in [0.3, 0.4) is 0 Å². The summed E-state index contributed by atoms with van der Waals surface area (Å²) < 4.78 is 12.9. The standard InChI is InChI=1S/C21H19FN2O/c22-19-7-3-17(4-8-19)15-24-20-9-5-16(6-10-20)12-21(25)13-18-2-1-11-23-14-18/h1-11,14,24H,12-13,15H2. The van der Waals surface area contributed by atoms with Gasteiger partial charge in [-0.2, -0.15) is 0 Å². The smallest absolute Gasteiger partial charge is 0.141 e. The number of Topliss-reactive ketones (excluding diaryl/α,β-unsaturated/α-hetero) is 1. The number of nitrogens with one attached hydrogen (secondary N) is 1. The highest BCUT2D eigenvalue weighted by Gasteiger charge is 2.05. The summed E-state index contributed by atoms with van der Waals surface area (Å²) in [5.74, 6) is -0.0657. The van der Waals surface area contributed by atoms with Crippen molar-refractivity contribution in [1.82, 2.24) is 4.98 Å². The van der Waals surface area contributed by atoms with E-state index in [1.807, 2.05) is 36.4 Å². The molecule has 3 nitrogen and oxygen atoms in total. The van der Waals surface area contributed by atoms with Crippen molar-refractivity contribution in [3.05, 3.63) is 95.6 Å². The van der Waals surface area contributed by atoms with Gasteiger partial charge in [-0.15, -0.1) is 0 Å². The summed E-state index contributed by atoms with van der Waals surface area (Å²) in [5.41, 5.74) is 3.90. The van der Waals surface area contributed by atoms with Crippen LogP contribution in [0.5, 0.6) is 0 Å². The Morgan fingerprint density at radius 1 is 0.880 bits per heavy atom. The maximum absolute atomic E-state index is 12.9. The molecule has 0 aliphatic carbocycles. The number of hydrogen-bond donors (Lipinski definition) is 1. The second-order valence-corrected chi connectivity index (χ2v) is 5.93. The Morgan fingerprint density at radius 3 is 2.24 bits per heavy atom. The SMILES string of the molecule is O=C(Cc1ccc(NCc2ccc(F)cc2)cc1)Cc1cccnc1. The summed E-state index contributed by atoms with van der Waals surface area (Å²) >= 11 is 0. The number of anilines is 1. The predicted octanol–water partition coefficient (Wildman–Crippen LogP) is 4.19. The topological polar surface area (TPSA) is 42.0 Å². The lowest BCUT2D eigenvalue weighted by Gasteiger charge is -2.08. The van der Waals surface area contributed by atoms with Gasteiger partial charge in [-0.05, 0) is 47.0 Å². The summed E-state index contributed by atoms with van der Waals surface area (Å²) in [6.45, 7) is 0.625.